The molecule has 22 heavy (non-hydrogen) atoms. The Bertz CT molecular complexity index is 625. The maximum absolute atomic E-state index is 13.8. The monoisotopic (exact) mass is 298 g/mol. The number of hydrogen-bond donors (Lipinski definition) is 1. The average molecular weight is 298 g/mol. The first-order valence-corrected chi connectivity index (χ1v) is 8.17. The molecule has 0 unspecified atom stereocenters. The first-order chi connectivity index (χ1) is 10.7. The van der Waals surface area contributed by atoms with Gasteiger partial charge in [0, 0.05) is 5.56 Å². The summed E-state index contributed by atoms with van der Waals surface area (Å²) in [6, 6.07) is 13.6. The molecule has 1 aliphatic carbocycles. The van der Waals surface area contributed by atoms with Crippen LogP contribution in [0.3, 0.4) is 0 Å². The fraction of sp³-hybridized carbons (Fsp3) is 0.400. The van der Waals surface area contributed by atoms with E-state index >= 15 is 0 Å². The maximum atomic E-state index is 13.8. The lowest BCUT2D eigenvalue weighted by Gasteiger charge is -2.26. The van der Waals surface area contributed by atoms with Crippen molar-refractivity contribution >= 4 is 0 Å². The van der Waals surface area contributed by atoms with Crippen LogP contribution in [0.5, 0.6) is 0 Å². The SMILES string of the molecule is CC1CCC(c2ccc(-c3ccc(CO)c(F)c3)cc2)CC1. The Morgan fingerprint density at radius 2 is 1.59 bits per heavy atom. The summed E-state index contributed by atoms with van der Waals surface area (Å²) < 4.78 is 13.8. The molecule has 0 radical (unpaired) electrons. The average Bonchev–Trinajstić information content (AvgIpc) is 2.56. The summed E-state index contributed by atoms with van der Waals surface area (Å²) in [6.45, 7) is 2.08. The van der Waals surface area contributed by atoms with Crippen molar-refractivity contribution in [3.8, 4) is 11.1 Å². The molecule has 1 saturated carbocycles. The summed E-state index contributed by atoms with van der Waals surface area (Å²) in [5.74, 6) is 1.20. The number of halogens is 1. The van der Waals surface area contributed by atoms with Crippen molar-refractivity contribution in [1.82, 2.24) is 0 Å². The Balaban J connectivity index is 1.78. The molecule has 0 heterocycles. The normalized spacial score (nSPS) is 21.8. The Labute approximate surface area is 131 Å². The van der Waals surface area contributed by atoms with Crippen LogP contribution in [0.15, 0.2) is 42.5 Å². The Hall–Kier alpha value is -1.67. The molecular weight excluding hydrogens is 275 g/mol. The minimum Gasteiger partial charge on any atom is -0.392 e. The van der Waals surface area contributed by atoms with E-state index in [-0.39, 0.29) is 12.4 Å². The third-order valence-corrected chi connectivity index (χ3v) is 4.95. The fourth-order valence-electron chi connectivity index (χ4n) is 3.40. The highest BCUT2D eigenvalue weighted by molar-refractivity contribution is 5.64. The molecule has 2 aromatic rings. The van der Waals surface area contributed by atoms with E-state index in [4.69, 9.17) is 5.11 Å². The van der Waals surface area contributed by atoms with E-state index in [9.17, 15) is 4.39 Å². The van der Waals surface area contributed by atoms with Crippen molar-refractivity contribution in [2.24, 2.45) is 5.92 Å². The van der Waals surface area contributed by atoms with Gasteiger partial charge in [0.1, 0.15) is 5.82 Å². The number of aliphatic hydroxyl groups is 1. The van der Waals surface area contributed by atoms with E-state index in [1.807, 2.05) is 6.07 Å². The van der Waals surface area contributed by atoms with E-state index < -0.39 is 0 Å². The van der Waals surface area contributed by atoms with Crippen LogP contribution in [0.2, 0.25) is 0 Å². The summed E-state index contributed by atoms with van der Waals surface area (Å²) in [6.07, 6.45) is 5.20. The molecule has 2 heteroatoms. The number of hydrogen-bond acceptors (Lipinski definition) is 1. The van der Waals surface area contributed by atoms with Gasteiger partial charge in [0.25, 0.3) is 0 Å². The molecule has 0 saturated heterocycles. The highest BCUT2D eigenvalue weighted by atomic mass is 19.1. The molecule has 1 aliphatic rings. The molecule has 0 aliphatic heterocycles. The summed E-state index contributed by atoms with van der Waals surface area (Å²) >= 11 is 0. The quantitative estimate of drug-likeness (QED) is 0.817. The minimum atomic E-state index is -0.342. The van der Waals surface area contributed by atoms with E-state index in [1.165, 1.54) is 37.3 Å². The van der Waals surface area contributed by atoms with Crippen LogP contribution in [0.4, 0.5) is 4.39 Å². The standard InChI is InChI=1S/C20H23FO/c1-14-2-4-15(5-3-14)16-6-8-17(9-7-16)18-10-11-19(13-22)20(21)12-18/h6-12,14-15,22H,2-5,13H2,1H3. The van der Waals surface area contributed by atoms with Gasteiger partial charge in [-0.25, -0.2) is 4.39 Å². The molecule has 116 valence electrons. The molecule has 0 aromatic heterocycles. The van der Waals surface area contributed by atoms with Crippen molar-refractivity contribution in [2.45, 2.75) is 45.1 Å². The van der Waals surface area contributed by atoms with Gasteiger partial charge in [-0.05, 0) is 47.4 Å². The molecule has 3 rings (SSSR count). The zero-order valence-corrected chi connectivity index (χ0v) is 13.1. The van der Waals surface area contributed by atoms with Crippen molar-refractivity contribution in [1.29, 1.82) is 0 Å². The van der Waals surface area contributed by atoms with Crippen LogP contribution in [-0.4, -0.2) is 5.11 Å². The van der Waals surface area contributed by atoms with Crippen LogP contribution in [0.25, 0.3) is 11.1 Å². The topological polar surface area (TPSA) is 20.2 Å². The van der Waals surface area contributed by atoms with Gasteiger partial charge in [-0.3, -0.25) is 0 Å². The van der Waals surface area contributed by atoms with Crippen molar-refractivity contribution in [2.75, 3.05) is 0 Å². The third-order valence-electron chi connectivity index (χ3n) is 4.95. The Morgan fingerprint density at radius 1 is 0.955 bits per heavy atom. The van der Waals surface area contributed by atoms with Crippen LogP contribution < -0.4 is 0 Å². The largest absolute Gasteiger partial charge is 0.392 e. The maximum Gasteiger partial charge on any atom is 0.129 e. The molecule has 0 spiro atoms. The molecule has 1 nitrogen and oxygen atoms in total. The van der Waals surface area contributed by atoms with Gasteiger partial charge in [-0.2, -0.15) is 0 Å². The Morgan fingerprint density at radius 3 is 2.18 bits per heavy atom. The minimum absolute atomic E-state index is 0.259. The van der Waals surface area contributed by atoms with E-state index in [2.05, 4.69) is 31.2 Å². The Kier molecular flexibility index (Phi) is 4.58. The van der Waals surface area contributed by atoms with Gasteiger partial charge in [0.15, 0.2) is 0 Å². The van der Waals surface area contributed by atoms with E-state index in [0.717, 1.165) is 17.0 Å². The van der Waals surface area contributed by atoms with Gasteiger partial charge in [0.05, 0.1) is 6.61 Å². The molecule has 1 fully saturated rings. The molecular formula is C20H23FO. The first kappa shape index (κ1) is 15.2. The second-order valence-corrected chi connectivity index (χ2v) is 6.54. The molecule has 0 atom stereocenters. The van der Waals surface area contributed by atoms with Gasteiger partial charge in [0.2, 0.25) is 0 Å². The summed E-state index contributed by atoms with van der Waals surface area (Å²) in [4.78, 5) is 0. The summed E-state index contributed by atoms with van der Waals surface area (Å²) in [5, 5.41) is 9.04. The molecule has 0 amide bonds. The fourth-order valence-corrected chi connectivity index (χ4v) is 3.40. The predicted molar refractivity (Wildman–Crippen MR) is 88.1 cm³/mol. The van der Waals surface area contributed by atoms with E-state index in [1.54, 1.807) is 6.07 Å². The van der Waals surface area contributed by atoms with Gasteiger partial charge < -0.3 is 5.11 Å². The summed E-state index contributed by atoms with van der Waals surface area (Å²) in [5.41, 5.74) is 3.63. The van der Waals surface area contributed by atoms with Crippen LogP contribution in [0, 0.1) is 11.7 Å². The molecule has 2 aromatic carbocycles. The zero-order chi connectivity index (χ0) is 15.5. The highest BCUT2D eigenvalue weighted by Gasteiger charge is 2.19. The van der Waals surface area contributed by atoms with E-state index in [0.29, 0.717) is 11.5 Å². The van der Waals surface area contributed by atoms with Crippen LogP contribution in [0.1, 0.15) is 49.7 Å². The smallest absolute Gasteiger partial charge is 0.129 e. The lowest BCUT2D eigenvalue weighted by atomic mass is 9.79. The summed E-state index contributed by atoms with van der Waals surface area (Å²) in [7, 11) is 0. The third kappa shape index (κ3) is 3.22. The highest BCUT2D eigenvalue weighted by Crippen LogP contribution is 2.36. The zero-order valence-electron chi connectivity index (χ0n) is 13.1. The second-order valence-electron chi connectivity index (χ2n) is 6.54. The van der Waals surface area contributed by atoms with Gasteiger partial charge in [-0.1, -0.05) is 56.2 Å². The van der Waals surface area contributed by atoms with Gasteiger partial charge in [-0.15, -0.1) is 0 Å². The van der Waals surface area contributed by atoms with Crippen molar-refractivity contribution in [3.05, 3.63) is 59.4 Å². The predicted octanol–water partition coefficient (Wildman–Crippen LogP) is 5.28. The van der Waals surface area contributed by atoms with Crippen molar-refractivity contribution < 1.29 is 9.50 Å². The van der Waals surface area contributed by atoms with Gasteiger partial charge >= 0.3 is 0 Å². The number of benzene rings is 2. The second kappa shape index (κ2) is 6.62. The number of aliphatic hydroxyl groups excluding tert-OH is 1. The lowest BCUT2D eigenvalue weighted by molar-refractivity contribution is 0.276. The van der Waals surface area contributed by atoms with Crippen molar-refractivity contribution in [3.63, 3.8) is 0 Å². The van der Waals surface area contributed by atoms with Crippen LogP contribution in [-0.2, 0) is 6.61 Å². The number of rotatable bonds is 3. The molecule has 1 N–H and O–H groups in total. The van der Waals surface area contributed by atoms with Crippen LogP contribution >= 0.6 is 0 Å². The first-order valence-electron chi connectivity index (χ1n) is 8.17. The lowest BCUT2D eigenvalue weighted by Crippen LogP contribution is -2.10. The molecule has 0 bridgehead atoms.